The fourth-order valence-electron chi connectivity index (χ4n) is 10.1. The molecule has 6 bridgehead atoms. The molecule has 228 valence electrons. The van der Waals surface area contributed by atoms with Gasteiger partial charge in [-0.25, -0.2) is 0 Å². The maximum absolute atomic E-state index is 15.5. The number of nitrogens with zero attached hydrogens (tertiary/aromatic N) is 2. The summed E-state index contributed by atoms with van der Waals surface area (Å²) < 4.78 is 25.8. The quantitative estimate of drug-likeness (QED) is 0.226. The topological polar surface area (TPSA) is 98.1 Å². The number of Topliss-reactive ketones (excluding diaryl/α,β-unsaturated/α-hetero) is 1. The molecule has 8 aliphatic rings. The van der Waals surface area contributed by atoms with Gasteiger partial charge in [-0.15, -0.1) is 0 Å². The molecule has 0 N–H and O–H groups in total. The first kappa shape index (κ1) is 29.4. The molecule has 0 unspecified atom stereocenters. The average molecular weight is 660 g/mol. The highest BCUT2D eigenvalue weighted by atomic mass is 79.9. The van der Waals surface area contributed by atoms with Gasteiger partial charge in [0.2, 0.25) is 5.91 Å². The van der Waals surface area contributed by atoms with Crippen molar-refractivity contribution in [3.63, 3.8) is 0 Å². The van der Waals surface area contributed by atoms with E-state index in [1.807, 2.05) is 17.1 Å². The number of carbonyl (C=O) groups is 2. The Labute approximate surface area is 258 Å². The van der Waals surface area contributed by atoms with Gasteiger partial charge in [0, 0.05) is 37.5 Å². The molecule has 0 aromatic rings. The lowest BCUT2D eigenvalue weighted by atomic mass is 9.47. The Bertz CT molecular complexity index is 1370. The van der Waals surface area contributed by atoms with Crippen molar-refractivity contribution in [2.24, 2.45) is 29.1 Å². The molecule has 5 saturated heterocycles. The normalized spacial score (nSPS) is 52.1. The molecule has 0 radical (unpaired) electrons. The third-order valence-electron chi connectivity index (χ3n) is 12.1. The molecule has 6 fully saturated rings. The number of ketones is 1. The molecular formula is C32H43BrN2O6Si. The summed E-state index contributed by atoms with van der Waals surface area (Å²) in [5.74, 6) is -2.42. The van der Waals surface area contributed by atoms with Crippen molar-refractivity contribution in [1.29, 1.82) is 5.26 Å². The Kier molecular flexibility index (Phi) is 6.06. The largest absolute Gasteiger partial charge is 0.407 e. The lowest BCUT2D eigenvalue weighted by molar-refractivity contribution is -0.365. The number of hydrogen-bond donors (Lipinski definition) is 0. The minimum atomic E-state index is -2.16. The highest BCUT2D eigenvalue weighted by Gasteiger charge is 2.81. The van der Waals surface area contributed by atoms with Gasteiger partial charge in [-0.3, -0.25) is 9.59 Å². The van der Waals surface area contributed by atoms with Crippen molar-refractivity contribution in [3.8, 4) is 6.07 Å². The minimum Gasteiger partial charge on any atom is -0.407 e. The summed E-state index contributed by atoms with van der Waals surface area (Å²) in [6.07, 6.45) is 10.2. The molecule has 1 amide bonds. The standard InChI is InChI=1S/C32H43BrN2O6Si/c1-19-8-9-22-28(3,41-42(5,6)7)30-12-13-32(33,40-30)23(24(30)26(37)35(22)18-19)25(36)31-15-20(17-34)14-21-16-29(38-4,39-31)11-10-27(21,31)2/h12-13,15,19,21-24H,8-11,14,16,18H2,1-7H3/t19-,21+,22-,23+,24+,27-,28+,29+,30-,31-,32+/m0/s1. The van der Waals surface area contributed by atoms with E-state index in [2.05, 4.69) is 62.4 Å². The molecule has 2 aliphatic carbocycles. The van der Waals surface area contributed by atoms with Crippen LogP contribution in [0.4, 0.5) is 0 Å². The summed E-state index contributed by atoms with van der Waals surface area (Å²) in [5.41, 5.74) is -3.35. The Morgan fingerprint density at radius 3 is 2.60 bits per heavy atom. The molecule has 10 heteroatoms. The van der Waals surface area contributed by atoms with Crippen LogP contribution >= 0.6 is 15.9 Å². The fraction of sp³-hybridized carbons (Fsp3) is 0.781. The Balaban J connectivity index is 1.41. The number of hydrogen-bond acceptors (Lipinski definition) is 7. The van der Waals surface area contributed by atoms with Gasteiger partial charge in [0.05, 0.1) is 23.9 Å². The number of piperidine rings is 2. The first-order chi connectivity index (χ1) is 19.5. The maximum Gasteiger partial charge on any atom is 0.230 e. The number of methoxy groups -OCH3 is 1. The first-order valence-electron chi connectivity index (χ1n) is 15.5. The van der Waals surface area contributed by atoms with E-state index >= 15 is 4.79 Å². The van der Waals surface area contributed by atoms with Crippen LogP contribution in [0, 0.1) is 40.4 Å². The van der Waals surface area contributed by atoms with Gasteiger partial charge < -0.3 is 23.5 Å². The highest BCUT2D eigenvalue weighted by molar-refractivity contribution is 9.10. The summed E-state index contributed by atoms with van der Waals surface area (Å²) in [6, 6.07) is 2.18. The number of fused-ring (bicyclic) bond motifs is 3. The van der Waals surface area contributed by atoms with Crippen LogP contribution in [-0.4, -0.2) is 71.7 Å². The van der Waals surface area contributed by atoms with E-state index in [9.17, 15) is 10.1 Å². The summed E-state index contributed by atoms with van der Waals surface area (Å²) in [4.78, 5) is 32.3. The van der Waals surface area contributed by atoms with Gasteiger partial charge >= 0.3 is 0 Å². The summed E-state index contributed by atoms with van der Waals surface area (Å²) in [7, 11) is -0.514. The van der Waals surface area contributed by atoms with E-state index < -0.39 is 52.7 Å². The predicted octanol–water partition coefficient (Wildman–Crippen LogP) is 5.24. The lowest BCUT2D eigenvalue weighted by Crippen LogP contribution is -2.78. The van der Waals surface area contributed by atoms with Gasteiger partial charge in [-0.1, -0.05) is 13.8 Å². The van der Waals surface area contributed by atoms with Crippen LogP contribution in [-0.2, 0) is 28.2 Å². The predicted molar refractivity (Wildman–Crippen MR) is 161 cm³/mol. The third-order valence-corrected chi connectivity index (χ3v) is 14.0. The van der Waals surface area contributed by atoms with Crippen molar-refractivity contribution in [2.45, 2.75) is 112 Å². The molecule has 8 nitrogen and oxygen atoms in total. The second-order valence-corrected chi connectivity index (χ2v) is 21.2. The zero-order chi connectivity index (χ0) is 30.3. The van der Waals surface area contributed by atoms with Crippen LogP contribution in [0.1, 0.15) is 59.3 Å². The van der Waals surface area contributed by atoms with Gasteiger partial charge in [-0.05, 0) is 98.2 Å². The Morgan fingerprint density at radius 1 is 1.19 bits per heavy atom. The summed E-state index contributed by atoms with van der Waals surface area (Å²) in [5, 5.41) is 10.1. The smallest absolute Gasteiger partial charge is 0.230 e. The monoisotopic (exact) mass is 658 g/mol. The first-order valence-corrected chi connectivity index (χ1v) is 19.7. The number of nitriles is 1. The van der Waals surface area contributed by atoms with Crippen LogP contribution < -0.4 is 0 Å². The zero-order valence-electron chi connectivity index (χ0n) is 25.8. The van der Waals surface area contributed by atoms with Gasteiger partial charge in [0.25, 0.3) is 0 Å². The molecule has 0 aromatic heterocycles. The van der Waals surface area contributed by atoms with Crippen LogP contribution in [0.15, 0.2) is 23.8 Å². The molecule has 1 saturated carbocycles. The Morgan fingerprint density at radius 2 is 1.93 bits per heavy atom. The van der Waals surface area contributed by atoms with E-state index in [4.69, 9.17) is 18.6 Å². The molecular weight excluding hydrogens is 616 g/mol. The van der Waals surface area contributed by atoms with Crippen molar-refractivity contribution in [2.75, 3.05) is 13.7 Å². The van der Waals surface area contributed by atoms with Gasteiger partial charge in [0.1, 0.15) is 11.2 Å². The highest BCUT2D eigenvalue weighted by Crippen LogP contribution is 2.70. The molecule has 6 heterocycles. The van der Waals surface area contributed by atoms with Crippen LogP contribution in [0.3, 0.4) is 0 Å². The van der Waals surface area contributed by atoms with Crippen LogP contribution in [0.25, 0.3) is 0 Å². The van der Waals surface area contributed by atoms with E-state index in [0.717, 1.165) is 19.3 Å². The second-order valence-electron chi connectivity index (χ2n) is 15.5. The third kappa shape index (κ3) is 3.41. The van der Waals surface area contributed by atoms with Gasteiger partial charge in [-0.2, -0.15) is 5.26 Å². The second kappa shape index (κ2) is 8.67. The number of alkyl halides is 1. The Hall–Kier alpha value is -1.35. The summed E-state index contributed by atoms with van der Waals surface area (Å²) >= 11 is 3.88. The number of halogens is 1. The number of rotatable bonds is 5. The van der Waals surface area contributed by atoms with Crippen molar-refractivity contribution < 1.29 is 28.2 Å². The SMILES string of the molecule is CO[C@]12CC[C@@]3(C)[C@H](CC(C#N)=C[C@@]3(C(=O)[C@H]3[C@@H]4C(=O)N5C[C@@H](C)CC[C@H]5[C@@](C)(O[Si](C)(C)C)[C@]45C=C[C@@]3(Br)O5)O1)C2. The number of ether oxygens (including phenoxy) is 3. The number of carbonyl (C=O) groups excluding carboxylic acids is 2. The van der Waals surface area contributed by atoms with Crippen molar-refractivity contribution >= 4 is 35.9 Å². The maximum atomic E-state index is 15.5. The zero-order valence-corrected chi connectivity index (χ0v) is 28.4. The molecule has 8 rings (SSSR count). The number of allylic oxidation sites excluding steroid dienone is 1. The summed E-state index contributed by atoms with van der Waals surface area (Å²) in [6.45, 7) is 13.6. The fourth-order valence-corrected chi connectivity index (χ4v) is 12.6. The molecule has 0 aromatic carbocycles. The molecule has 6 aliphatic heterocycles. The van der Waals surface area contributed by atoms with Gasteiger partial charge in [0.15, 0.2) is 30.0 Å². The van der Waals surface area contributed by atoms with Crippen LogP contribution in [0.2, 0.25) is 19.6 Å². The van der Waals surface area contributed by atoms with E-state index in [1.165, 1.54) is 0 Å². The van der Waals surface area contributed by atoms with E-state index in [1.54, 1.807) is 13.2 Å². The van der Waals surface area contributed by atoms with E-state index in [-0.39, 0.29) is 23.7 Å². The van der Waals surface area contributed by atoms with Crippen molar-refractivity contribution in [1.82, 2.24) is 4.90 Å². The lowest BCUT2D eigenvalue weighted by Gasteiger charge is -2.66. The average Bonchev–Trinajstić information content (AvgIpc) is 3.41. The minimum absolute atomic E-state index is 0.0481. The molecule has 42 heavy (non-hydrogen) atoms. The number of amides is 1. The van der Waals surface area contributed by atoms with E-state index in [0.29, 0.717) is 37.3 Å². The van der Waals surface area contributed by atoms with Crippen LogP contribution in [0.5, 0.6) is 0 Å². The molecule has 11 atom stereocenters. The van der Waals surface area contributed by atoms with Crippen molar-refractivity contribution in [3.05, 3.63) is 23.8 Å². The molecule has 1 spiro atoms.